The highest BCUT2D eigenvalue weighted by atomic mass is 32.1. The van der Waals surface area contributed by atoms with Crippen LogP contribution < -0.4 is 5.32 Å². The normalized spacial score (nSPS) is 12.4. The third kappa shape index (κ3) is 6.45. The number of imidazole rings is 1. The van der Waals surface area contributed by atoms with Gasteiger partial charge >= 0.3 is 0 Å². The lowest BCUT2D eigenvalue weighted by molar-refractivity contribution is -0.134. The second-order valence-corrected chi connectivity index (χ2v) is 8.62. The van der Waals surface area contributed by atoms with E-state index in [1.54, 1.807) is 17.3 Å². The van der Waals surface area contributed by atoms with Crippen LogP contribution in [0.25, 0.3) is 0 Å². The first-order chi connectivity index (χ1) is 13.3. The summed E-state index contributed by atoms with van der Waals surface area (Å²) in [4.78, 5) is 37.8. The molecule has 28 heavy (non-hydrogen) atoms. The highest BCUT2D eigenvalue weighted by Crippen LogP contribution is 2.14. The Labute approximate surface area is 171 Å². The summed E-state index contributed by atoms with van der Waals surface area (Å²) in [5, 5.41) is 4.81. The number of amides is 2. The maximum Gasteiger partial charge on any atom is 0.261 e. The van der Waals surface area contributed by atoms with Crippen LogP contribution in [0, 0.1) is 12.8 Å². The molecule has 2 heterocycles. The Morgan fingerprint density at radius 3 is 2.57 bits per heavy atom. The molecule has 0 bridgehead atoms. The maximum absolute atomic E-state index is 13.4. The summed E-state index contributed by atoms with van der Waals surface area (Å²) >= 11 is 1.37. The van der Waals surface area contributed by atoms with Gasteiger partial charge in [0, 0.05) is 18.8 Å². The first-order valence-electron chi connectivity index (χ1n) is 9.54. The highest BCUT2D eigenvalue weighted by Gasteiger charge is 2.28. The average Bonchev–Trinajstić information content (AvgIpc) is 3.29. The molecule has 0 spiro atoms. The van der Waals surface area contributed by atoms with Crippen molar-refractivity contribution in [1.29, 1.82) is 0 Å². The van der Waals surface area contributed by atoms with Crippen molar-refractivity contribution in [2.75, 3.05) is 27.2 Å². The fourth-order valence-electron chi connectivity index (χ4n) is 2.87. The first kappa shape index (κ1) is 22.1. The van der Waals surface area contributed by atoms with Crippen LogP contribution in [0.15, 0.2) is 23.8 Å². The Kier molecular flexibility index (Phi) is 8.19. The smallest absolute Gasteiger partial charge is 0.261 e. The number of aryl methyl sites for hydroxylation is 1. The van der Waals surface area contributed by atoms with E-state index in [1.165, 1.54) is 11.3 Å². The molecule has 0 radical (unpaired) electrons. The number of rotatable bonds is 10. The van der Waals surface area contributed by atoms with Gasteiger partial charge < -0.3 is 20.1 Å². The topological polar surface area (TPSA) is 81.3 Å². The van der Waals surface area contributed by atoms with Crippen LogP contribution in [0.2, 0.25) is 0 Å². The molecule has 0 saturated carbocycles. The molecule has 0 aliphatic heterocycles. The van der Waals surface area contributed by atoms with Crippen molar-refractivity contribution in [3.05, 3.63) is 40.1 Å². The lowest BCUT2D eigenvalue weighted by atomic mass is 10.0. The van der Waals surface area contributed by atoms with Gasteiger partial charge in [-0.2, -0.15) is 0 Å². The number of nitrogens with one attached hydrogen (secondary N) is 2. The van der Waals surface area contributed by atoms with E-state index in [2.05, 4.69) is 29.1 Å². The molecule has 7 nitrogen and oxygen atoms in total. The number of hydrogen-bond donors (Lipinski definition) is 2. The summed E-state index contributed by atoms with van der Waals surface area (Å²) < 4.78 is 0. The van der Waals surface area contributed by atoms with E-state index < -0.39 is 6.04 Å². The van der Waals surface area contributed by atoms with Crippen molar-refractivity contribution in [2.24, 2.45) is 5.92 Å². The van der Waals surface area contributed by atoms with Gasteiger partial charge in [0.25, 0.3) is 5.91 Å². The Morgan fingerprint density at radius 1 is 1.29 bits per heavy atom. The molecule has 2 aromatic rings. The van der Waals surface area contributed by atoms with Gasteiger partial charge in [-0.15, -0.1) is 11.3 Å². The third-order valence-electron chi connectivity index (χ3n) is 4.46. The summed E-state index contributed by atoms with van der Waals surface area (Å²) in [6.45, 7) is 7.79. The number of carbonyl (C=O) groups excluding carboxylic acids is 2. The second-order valence-electron chi connectivity index (χ2n) is 7.67. The minimum Gasteiger partial charge on any atom is -0.348 e. The quantitative estimate of drug-likeness (QED) is 0.636. The fourth-order valence-corrected chi connectivity index (χ4v) is 3.49. The molecule has 2 aromatic heterocycles. The summed E-state index contributed by atoms with van der Waals surface area (Å²) in [6.07, 6.45) is 2.23. The van der Waals surface area contributed by atoms with Crippen molar-refractivity contribution in [2.45, 2.75) is 39.8 Å². The van der Waals surface area contributed by atoms with E-state index in [0.29, 0.717) is 24.4 Å². The largest absolute Gasteiger partial charge is 0.348 e. The standard InChI is InChI=1S/C20H31N5O2S/c1-14(2)11-16(23-19(26)18-7-6-10-28-18)20(27)25(9-8-24(4)5)12-17-15(3)21-13-22-17/h6-7,10,13-14,16H,8-9,11-12H2,1-5H3,(H,21,22)(H,23,26). The first-order valence-corrected chi connectivity index (χ1v) is 10.4. The zero-order valence-electron chi connectivity index (χ0n) is 17.4. The van der Waals surface area contributed by atoms with E-state index in [1.807, 2.05) is 37.4 Å². The van der Waals surface area contributed by atoms with Gasteiger partial charge in [0.1, 0.15) is 6.04 Å². The van der Waals surface area contributed by atoms with Crippen LogP contribution in [0.5, 0.6) is 0 Å². The third-order valence-corrected chi connectivity index (χ3v) is 5.33. The number of carbonyl (C=O) groups is 2. The number of likely N-dealkylation sites (N-methyl/N-ethyl adjacent to an activating group) is 1. The lowest BCUT2D eigenvalue weighted by Crippen LogP contribution is -2.50. The summed E-state index contributed by atoms with van der Waals surface area (Å²) in [7, 11) is 3.96. The molecule has 2 rings (SSSR count). The van der Waals surface area contributed by atoms with Crippen LogP contribution in [0.1, 0.15) is 41.3 Å². The van der Waals surface area contributed by atoms with Crippen LogP contribution in [0.4, 0.5) is 0 Å². The molecule has 0 fully saturated rings. The molecule has 0 aliphatic carbocycles. The van der Waals surface area contributed by atoms with Crippen LogP contribution >= 0.6 is 11.3 Å². The predicted molar refractivity (Wildman–Crippen MR) is 112 cm³/mol. The molecule has 8 heteroatoms. The number of aromatic amines is 1. The summed E-state index contributed by atoms with van der Waals surface area (Å²) in [5.74, 6) is 0.0146. The summed E-state index contributed by atoms with van der Waals surface area (Å²) in [6, 6.07) is 3.05. The van der Waals surface area contributed by atoms with Crippen molar-refractivity contribution in [3.63, 3.8) is 0 Å². The Morgan fingerprint density at radius 2 is 2.04 bits per heavy atom. The molecule has 1 atom stereocenters. The Bertz CT molecular complexity index is 754. The van der Waals surface area contributed by atoms with E-state index in [9.17, 15) is 9.59 Å². The van der Waals surface area contributed by atoms with Crippen molar-refractivity contribution in [1.82, 2.24) is 25.1 Å². The van der Waals surface area contributed by atoms with Gasteiger partial charge in [-0.25, -0.2) is 4.98 Å². The van der Waals surface area contributed by atoms with Crippen LogP contribution in [-0.2, 0) is 11.3 Å². The highest BCUT2D eigenvalue weighted by molar-refractivity contribution is 7.12. The monoisotopic (exact) mass is 405 g/mol. The van der Waals surface area contributed by atoms with Gasteiger partial charge in [-0.1, -0.05) is 19.9 Å². The van der Waals surface area contributed by atoms with Crippen LogP contribution in [-0.4, -0.2) is 64.8 Å². The van der Waals surface area contributed by atoms with Gasteiger partial charge in [0.05, 0.1) is 23.4 Å². The molecule has 2 amide bonds. The minimum absolute atomic E-state index is 0.0668. The molecule has 154 valence electrons. The maximum atomic E-state index is 13.4. The number of H-pyrrole nitrogens is 1. The SMILES string of the molecule is Cc1[nH]cnc1CN(CCN(C)C)C(=O)C(CC(C)C)NC(=O)c1cccs1. The van der Waals surface area contributed by atoms with E-state index >= 15 is 0 Å². The zero-order chi connectivity index (χ0) is 20.7. The predicted octanol–water partition coefficient (Wildman–Crippen LogP) is 2.51. The van der Waals surface area contributed by atoms with E-state index in [-0.39, 0.29) is 17.7 Å². The number of nitrogens with zero attached hydrogens (tertiary/aromatic N) is 3. The lowest BCUT2D eigenvalue weighted by Gasteiger charge is -2.29. The molecule has 0 aliphatic rings. The van der Waals surface area contributed by atoms with Crippen molar-refractivity contribution in [3.8, 4) is 0 Å². The second kappa shape index (κ2) is 10.4. The number of thiophene rings is 1. The van der Waals surface area contributed by atoms with Gasteiger partial charge in [-0.3, -0.25) is 9.59 Å². The zero-order valence-corrected chi connectivity index (χ0v) is 18.2. The fraction of sp³-hybridized carbons (Fsp3) is 0.550. The Balaban J connectivity index is 2.18. The van der Waals surface area contributed by atoms with Gasteiger partial charge in [-0.05, 0) is 44.8 Å². The van der Waals surface area contributed by atoms with Crippen LogP contribution in [0.3, 0.4) is 0 Å². The van der Waals surface area contributed by atoms with Crippen molar-refractivity contribution < 1.29 is 9.59 Å². The van der Waals surface area contributed by atoms with Gasteiger partial charge in [0.15, 0.2) is 0 Å². The molecule has 0 aromatic carbocycles. The molecular formula is C20H31N5O2S. The number of hydrogen-bond acceptors (Lipinski definition) is 5. The van der Waals surface area contributed by atoms with Crippen molar-refractivity contribution >= 4 is 23.2 Å². The van der Waals surface area contributed by atoms with E-state index in [4.69, 9.17) is 0 Å². The summed E-state index contributed by atoms with van der Waals surface area (Å²) in [5.41, 5.74) is 1.80. The van der Waals surface area contributed by atoms with E-state index in [0.717, 1.165) is 17.9 Å². The van der Waals surface area contributed by atoms with Gasteiger partial charge in [0.2, 0.25) is 5.91 Å². The average molecular weight is 406 g/mol. The molecular weight excluding hydrogens is 374 g/mol. The number of aromatic nitrogens is 2. The Hall–Kier alpha value is -2.19. The molecule has 2 N–H and O–H groups in total. The molecule has 1 unspecified atom stereocenters. The minimum atomic E-state index is -0.559. The molecule has 0 saturated heterocycles.